The van der Waals surface area contributed by atoms with Gasteiger partial charge in [-0.15, -0.1) is 0 Å². The minimum Gasteiger partial charge on any atom is -0.544 e. The predicted octanol–water partition coefficient (Wildman–Crippen LogP) is 9.25. The van der Waals surface area contributed by atoms with Gasteiger partial charge in [-0.05, 0) is 119 Å². The van der Waals surface area contributed by atoms with Crippen LogP contribution in [0, 0.1) is 0 Å². The van der Waals surface area contributed by atoms with Crippen molar-refractivity contribution in [3.8, 4) is 11.5 Å². The van der Waals surface area contributed by atoms with Gasteiger partial charge >= 0.3 is 0 Å². The molecule has 1 aliphatic carbocycles. The van der Waals surface area contributed by atoms with Crippen molar-refractivity contribution in [2.45, 2.75) is 84.9 Å². The summed E-state index contributed by atoms with van der Waals surface area (Å²) in [4.78, 5) is 2.42. The molecular formula is C46H67N2O7Si+. The van der Waals surface area contributed by atoms with Gasteiger partial charge in [0.1, 0.15) is 37.1 Å². The summed E-state index contributed by atoms with van der Waals surface area (Å²) in [7, 11) is 1.43. The second-order valence-corrected chi connectivity index (χ2v) is 20.9. The van der Waals surface area contributed by atoms with Gasteiger partial charge in [0.15, 0.2) is 12.3 Å². The van der Waals surface area contributed by atoms with Crippen molar-refractivity contribution in [2.75, 3.05) is 85.1 Å². The van der Waals surface area contributed by atoms with E-state index in [-0.39, 0.29) is 10.8 Å². The summed E-state index contributed by atoms with van der Waals surface area (Å²) in [5, 5.41) is 0. The second-order valence-electron chi connectivity index (χ2n) is 16.5. The van der Waals surface area contributed by atoms with Gasteiger partial charge in [0.05, 0.1) is 25.2 Å². The zero-order valence-electron chi connectivity index (χ0n) is 36.0. The van der Waals surface area contributed by atoms with E-state index in [1.807, 2.05) is 13.8 Å². The highest BCUT2D eigenvalue weighted by Gasteiger charge is 2.45. The number of benzene rings is 2. The average Bonchev–Trinajstić information content (AvgIpc) is 3.69. The van der Waals surface area contributed by atoms with E-state index in [9.17, 15) is 0 Å². The monoisotopic (exact) mass is 787 g/mol. The molecule has 56 heavy (non-hydrogen) atoms. The molecule has 306 valence electrons. The van der Waals surface area contributed by atoms with Gasteiger partial charge in [-0.2, -0.15) is 4.58 Å². The molecule has 0 fully saturated rings. The van der Waals surface area contributed by atoms with Gasteiger partial charge in [-0.3, -0.25) is 0 Å². The predicted molar refractivity (Wildman–Crippen MR) is 230 cm³/mol. The van der Waals surface area contributed by atoms with E-state index in [2.05, 4.69) is 118 Å². The number of hydrogen-bond donors (Lipinski definition) is 0. The Balaban J connectivity index is 1.52. The summed E-state index contributed by atoms with van der Waals surface area (Å²) in [5.74, 6) is 2.75. The van der Waals surface area contributed by atoms with E-state index in [4.69, 9.17) is 32.8 Å². The normalized spacial score (nSPS) is 18.9. The molecule has 0 saturated heterocycles. The highest BCUT2D eigenvalue weighted by atomic mass is 28.4. The molecule has 0 amide bonds. The van der Waals surface area contributed by atoms with E-state index in [1.165, 1.54) is 45.1 Å². The number of allylic oxidation sites excluding steroid dienone is 7. The molecule has 2 aliphatic heterocycles. The molecule has 0 N–H and O–H groups in total. The maximum Gasteiger partial charge on any atom is 0.242 e. The number of methoxy groups -OCH3 is 2. The van der Waals surface area contributed by atoms with Crippen LogP contribution in [0.5, 0.6) is 11.5 Å². The first-order chi connectivity index (χ1) is 26.8. The molecular weight excluding hydrogens is 721 g/mol. The number of fused-ring (bicyclic) bond motifs is 2. The Morgan fingerprint density at radius 2 is 1.38 bits per heavy atom. The molecule has 0 unspecified atom stereocenters. The highest BCUT2D eigenvalue weighted by Crippen LogP contribution is 2.49. The molecule has 0 aromatic heterocycles. The van der Waals surface area contributed by atoms with Crippen LogP contribution in [0.2, 0.25) is 19.6 Å². The Labute approximate surface area is 337 Å². The molecule has 2 aromatic rings. The summed E-state index contributed by atoms with van der Waals surface area (Å²) in [5.41, 5.74) is 9.35. The zero-order chi connectivity index (χ0) is 40.5. The van der Waals surface area contributed by atoms with Crippen molar-refractivity contribution in [3.63, 3.8) is 0 Å². The molecule has 0 saturated carbocycles. The minimum atomic E-state index is -1.96. The smallest absolute Gasteiger partial charge is 0.242 e. The molecule has 0 atom stereocenters. The summed E-state index contributed by atoms with van der Waals surface area (Å²) in [6, 6.07) is 12.9. The van der Waals surface area contributed by atoms with Gasteiger partial charge in [0, 0.05) is 68.5 Å². The van der Waals surface area contributed by atoms with Crippen molar-refractivity contribution in [2.24, 2.45) is 0 Å². The molecule has 0 spiro atoms. The lowest BCUT2D eigenvalue weighted by atomic mass is 9.81. The molecule has 2 heterocycles. The summed E-state index contributed by atoms with van der Waals surface area (Å²) < 4.78 is 43.7. The molecule has 0 bridgehead atoms. The first kappa shape index (κ1) is 43.4. The third-order valence-corrected chi connectivity index (χ3v) is 11.5. The van der Waals surface area contributed by atoms with Crippen LogP contribution < -0.4 is 14.4 Å². The third-order valence-electron chi connectivity index (χ3n) is 10.7. The van der Waals surface area contributed by atoms with Gasteiger partial charge < -0.3 is 37.7 Å². The van der Waals surface area contributed by atoms with Crippen molar-refractivity contribution in [3.05, 3.63) is 94.4 Å². The van der Waals surface area contributed by atoms with Crippen LogP contribution >= 0.6 is 0 Å². The lowest BCUT2D eigenvalue weighted by Gasteiger charge is -2.27. The molecule has 0 radical (unpaired) electrons. The number of hydrogen-bond acceptors (Lipinski definition) is 8. The summed E-state index contributed by atoms with van der Waals surface area (Å²) in [6.07, 6.45) is 11.1. The van der Waals surface area contributed by atoms with E-state index in [0.717, 1.165) is 43.2 Å². The lowest BCUT2D eigenvalue weighted by molar-refractivity contribution is -0.442. The highest BCUT2D eigenvalue weighted by molar-refractivity contribution is 6.70. The Morgan fingerprint density at radius 3 is 2.02 bits per heavy atom. The fourth-order valence-electron chi connectivity index (χ4n) is 7.87. The molecule has 3 aliphatic rings. The van der Waals surface area contributed by atoms with Crippen LogP contribution in [0.4, 0.5) is 11.4 Å². The van der Waals surface area contributed by atoms with E-state index < -0.39 is 8.32 Å². The first-order valence-corrected chi connectivity index (χ1v) is 23.8. The first-order valence-electron chi connectivity index (χ1n) is 20.4. The average molecular weight is 788 g/mol. The van der Waals surface area contributed by atoms with E-state index in [1.54, 1.807) is 14.2 Å². The molecule has 5 rings (SSSR count). The topological polar surface area (TPSA) is 70.9 Å². The quantitative estimate of drug-likeness (QED) is 0.0705. The second kappa shape index (κ2) is 19.2. The Hall–Kier alpha value is -3.67. The number of rotatable bonds is 21. The van der Waals surface area contributed by atoms with E-state index in [0.29, 0.717) is 52.9 Å². The van der Waals surface area contributed by atoms with Crippen molar-refractivity contribution >= 4 is 25.4 Å². The largest absolute Gasteiger partial charge is 0.544 e. The Morgan fingerprint density at radius 1 is 0.732 bits per heavy atom. The van der Waals surface area contributed by atoms with Gasteiger partial charge in [-0.25, -0.2) is 0 Å². The van der Waals surface area contributed by atoms with Crippen LogP contribution in [0.3, 0.4) is 0 Å². The minimum absolute atomic E-state index is 0.247. The third kappa shape index (κ3) is 10.1. The van der Waals surface area contributed by atoms with Crippen molar-refractivity contribution in [1.29, 1.82) is 0 Å². The summed E-state index contributed by atoms with van der Waals surface area (Å²) in [6.45, 7) is 26.4. The molecule has 9 nitrogen and oxygen atoms in total. The SMILES string of the molecule is CCOCCN1/C(=C/C=C2\CCC(/C=C/C3=[N+](CCOCC)c4ccc(OCCOC)cc4C3(C)C)=C2O[Si](C)(C)C)C(C)(C)c2cc(OCCOC)ccc21. The fraction of sp³-hybridized carbons (Fsp3) is 0.543. The van der Waals surface area contributed by atoms with Crippen LogP contribution in [0.15, 0.2) is 83.3 Å². The molecule has 10 heteroatoms. The fourth-order valence-corrected chi connectivity index (χ4v) is 8.75. The van der Waals surface area contributed by atoms with E-state index >= 15 is 0 Å². The number of nitrogens with zero attached hydrogens (tertiary/aromatic N) is 2. The van der Waals surface area contributed by atoms with Gasteiger partial charge in [-0.1, -0.05) is 19.9 Å². The zero-order valence-corrected chi connectivity index (χ0v) is 37.0. The van der Waals surface area contributed by atoms with Crippen LogP contribution in [0.25, 0.3) is 0 Å². The Kier molecular flexibility index (Phi) is 14.9. The standard InChI is InChI=1S/C46H67N2O7Si/c1-12-51-26-24-47-40-20-18-36(53-30-28-49-7)32-38(40)45(3,4)42(47)22-16-34-14-15-35(44(34)55-56(9,10)11)17-23-43-46(5,6)39-33-37(54-31-29-50-8)19-21-41(39)48(43)25-27-52-13-2/h16-23,32-33H,12-15,24-31H2,1-11H3/q+1. The Bertz CT molecular complexity index is 1830. The van der Waals surface area contributed by atoms with Crippen LogP contribution in [0.1, 0.15) is 65.5 Å². The van der Waals surface area contributed by atoms with Crippen molar-refractivity contribution in [1.82, 2.24) is 0 Å². The van der Waals surface area contributed by atoms with Gasteiger partial charge in [0.25, 0.3) is 0 Å². The summed E-state index contributed by atoms with van der Waals surface area (Å²) >= 11 is 0. The number of anilines is 1. The van der Waals surface area contributed by atoms with Gasteiger partial charge in [0.2, 0.25) is 14.0 Å². The molecule has 2 aromatic carbocycles. The number of ether oxygens (including phenoxy) is 6. The van der Waals surface area contributed by atoms with Crippen LogP contribution in [-0.2, 0) is 34.2 Å². The lowest BCUT2D eigenvalue weighted by Crippen LogP contribution is -2.29. The van der Waals surface area contributed by atoms with Crippen molar-refractivity contribution < 1.29 is 37.4 Å². The van der Waals surface area contributed by atoms with Crippen LogP contribution in [-0.4, -0.2) is 98.8 Å². The maximum atomic E-state index is 6.96. The maximum absolute atomic E-state index is 6.96.